The molecule has 0 radical (unpaired) electrons. The Kier molecular flexibility index (Phi) is 6.58. The van der Waals surface area contributed by atoms with Crippen molar-refractivity contribution >= 4 is 12.0 Å². The van der Waals surface area contributed by atoms with Crippen molar-refractivity contribution in [1.82, 2.24) is 10.2 Å². The number of rotatable bonds is 7. The van der Waals surface area contributed by atoms with Crippen LogP contribution in [0.25, 0.3) is 0 Å². The Labute approximate surface area is 113 Å². The van der Waals surface area contributed by atoms with Gasteiger partial charge in [0.2, 0.25) is 0 Å². The van der Waals surface area contributed by atoms with Gasteiger partial charge in [0.1, 0.15) is 0 Å². The van der Waals surface area contributed by atoms with Gasteiger partial charge in [0.15, 0.2) is 0 Å². The smallest absolute Gasteiger partial charge is 0.317 e. The molecule has 7 nitrogen and oxygen atoms in total. The lowest BCUT2D eigenvalue weighted by atomic mass is 10.1. The largest absolute Gasteiger partial charge is 0.481 e. The summed E-state index contributed by atoms with van der Waals surface area (Å²) in [5.74, 6) is -0.565. The quantitative estimate of drug-likeness (QED) is 0.598. The van der Waals surface area contributed by atoms with Crippen molar-refractivity contribution in [2.45, 2.75) is 25.9 Å². The van der Waals surface area contributed by atoms with E-state index in [1.54, 1.807) is 11.8 Å². The number of likely N-dealkylation sites (tertiary alicyclic amines) is 1. The summed E-state index contributed by atoms with van der Waals surface area (Å²) in [5, 5.41) is 11.5. The molecule has 1 rings (SSSR count). The van der Waals surface area contributed by atoms with Gasteiger partial charge < -0.3 is 25.8 Å². The minimum absolute atomic E-state index is 0.112. The topological polar surface area (TPSA) is 105 Å². The molecule has 0 aromatic carbocycles. The van der Waals surface area contributed by atoms with Crippen molar-refractivity contribution in [2.24, 2.45) is 11.7 Å². The van der Waals surface area contributed by atoms with Crippen molar-refractivity contribution in [2.75, 3.05) is 32.8 Å². The van der Waals surface area contributed by atoms with Crippen LogP contribution in [0, 0.1) is 5.92 Å². The van der Waals surface area contributed by atoms with Gasteiger partial charge in [0.25, 0.3) is 0 Å². The first-order chi connectivity index (χ1) is 9.06. The molecule has 2 atom stereocenters. The number of carbonyl (C=O) groups is 2. The second kappa shape index (κ2) is 7.96. The third kappa shape index (κ3) is 5.44. The Bertz CT molecular complexity index is 311. The Morgan fingerprint density at radius 3 is 2.84 bits per heavy atom. The molecule has 19 heavy (non-hydrogen) atoms. The van der Waals surface area contributed by atoms with Crippen LogP contribution in [0.15, 0.2) is 0 Å². The van der Waals surface area contributed by atoms with E-state index >= 15 is 0 Å². The van der Waals surface area contributed by atoms with Crippen molar-refractivity contribution in [3.05, 3.63) is 0 Å². The van der Waals surface area contributed by atoms with Gasteiger partial charge in [-0.1, -0.05) is 0 Å². The highest BCUT2D eigenvalue weighted by Crippen LogP contribution is 2.14. The normalized spacial score (nSPS) is 20.3. The van der Waals surface area contributed by atoms with Gasteiger partial charge in [-0.3, -0.25) is 4.79 Å². The number of ether oxygens (including phenoxy) is 1. The molecule has 0 aliphatic carbocycles. The molecule has 0 spiro atoms. The Hall–Kier alpha value is -1.34. The van der Waals surface area contributed by atoms with Gasteiger partial charge in [0, 0.05) is 26.2 Å². The number of carboxylic acids is 1. The molecular formula is C12H23N3O4. The van der Waals surface area contributed by atoms with Gasteiger partial charge >= 0.3 is 12.0 Å². The lowest BCUT2D eigenvalue weighted by Crippen LogP contribution is -2.43. The first-order valence-corrected chi connectivity index (χ1v) is 6.63. The zero-order valence-electron chi connectivity index (χ0n) is 11.3. The SMILES string of the molecule is CCOC(CNC(=O)N1CCC(CN)C1)CC(=O)O. The fourth-order valence-electron chi connectivity index (χ4n) is 2.14. The molecule has 1 saturated heterocycles. The molecule has 110 valence electrons. The van der Waals surface area contributed by atoms with Gasteiger partial charge in [0.05, 0.1) is 12.5 Å². The Morgan fingerprint density at radius 2 is 2.32 bits per heavy atom. The van der Waals surface area contributed by atoms with Crippen LogP contribution >= 0.6 is 0 Å². The van der Waals surface area contributed by atoms with E-state index in [9.17, 15) is 9.59 Å². The number of nitrogens with zero attached hydrogens (tertiary/aromatic N) is 1. The van der Waals surface area contributed by atoms with E-state index in [0.717, 1.165) is 6.42 Å². The number of carboxylic acid groups (broad SMARTS) is 1. The second-order valence-corrected chi connectivity index (χ2v) is 4.70. The third-order valence-electron chi connectivity index (χ3n) is 3.19. The zero-order valence-corrected chi connectivity index (χ0v) is 11.3. The van der Waals surface area contributed by atoms with Crippen molar-refractivity contribution in [1.29, 1.82) is 0 Å². The molecule has 2 amide bonds. The number of urea groups is 1. The molecule has 0 aromatic heterocycles. The fraction of sp³-hybridized carbons (Fsp3) is 0.833. The molecule has 1 heterocycles. The molecule has 4 N–H and O–H groups in total. The number of aliphatic carboxylic acids is 1. The molecule has 2 unspecified atom stereocenters. The molecule has 1 aliphatic heterocycles. The lowest BCUT2D eigenvalue weighted by molar-refractivity contribution is -0.140. The highest BCUT2D eigenvalue weighted by Gasteiger charge is 2.25. The summed E-state index contributed by atoms with van der Waals surface area (Å²) < 4.78 is 5.27. The minimum Gasteiger partial charge on any atom is -0.481 e. The van der Waals surface area contributed by atoms with E-state index in [0.29, 0.717) is 32.2 Å². The average molecular weight is 273 g/mol. The van der Waals surface area contributed by atoms with Crippen LogP contribution < -0.4 is 11.1 Å². The number of amides is 2. The molecule has 0 saturated carbocycles. The van der Waals surface area contributed by atoms with Crippen LogP contribution in [0.1, 0.15) is 19.8 Å². The summed E-state index contributed by atoms with van der Waals surface area (Å²) >= 11 is 0. The van der Waals surface area contributed by atoms with Gasteiger partial charge in [-0.2, -0.15) is 0 Å². The van der Waals surface area contributed by atoms with Crippen LogP contribution in [-0.4, -0.2) is 60.9 Å². The summed E-state index contributed by atoms with van der Waals surface area (Å²) in [6.45, 7) is 4.38. The molecule has 0 bridgehead atoms. The minimum atomic E-state index is -0.933. The van der Waals surface area contributed by atoms with E-state index in [1.807, 2.05) is 0 Å². The summed E-state index contributed by atoms with van der Waals surface area (Å²) in [5.41, 5.74) is 5.57. The van der Waals surface area contributed by atoms with Gasteiger partial charge in [-0.25, -0.2) is 4.79 Å². The van der Waals surface area contributed by atoms with E-state index in [2.05, 4.69) is 5.32 Å². The predicted octanol–water partition coefficient (Wildman–Crippen LogP) is -0.144. The monoisotopic (exact) mass is 273 g/mol. The third-order valence-corrected chi connectivity index (χ3v) is 3.19. The van der Waals surface area contributed by atoms with Crippen molar-refractivity contribution < 1.29 is 19.4 Å². The van der Waals surface area contributed by atoms with E-state index in [4.69, 9.17) is 15.6 Å². The summed E-state index contributed by atoms with van der Waals surface area (Å²) in [4.78, 5) is 24.2. The predicted molar refractivity (Wildman–Crippen MR) is 69.8 cm³/mol. The van der Waals surface area contributed by atoms with Gasteiger partial charge in [-0.05, 0) is 25.8 Å². The number of carbonyl (C=O) groups excluding carboxylic acids is 1. The Balaban J connectivity index is 2.33. The number of hydrogen-bond acceptors (Lipinski definition) is 4. The maximum atomic E-state index is 11.9. The molecule has 7 heteroatoms. The molecule has 0 aromatic rings. The first-order valence-electron chi connectivity index (χ1n) is 6.63. The second-order valence-electron chi connectivity index (χ2n) is 4.70. The van der Waals surface area contributed by atoms with Crippen molar-refractivity contribution in [3.8, 4) is 0 Å². The highest BCUT2D eigenvalue weighted by atomic mass is 16.5. The lowest BCUT2D eigenvalue weighted by Gasteiger charge is -2.20. The average Bonchev–Trinajstić information content (AvgIpc) is 2.84. The molecular weight excluding hydrogens is 250 g/mol. The first kappa shape index (κ1) is 15.7. The van der Waals surface area contributed by atoms with E-state index < -0.39 is 12.1 Å². The van der Waals surface area contributed by atoms with Crippen LogP contribution in [-0.2, 0) is 9.53 Å². The van der Waals surface area contributed by atoms with E-state index in [-0.39, 0.29) is 19.0 Å². The Morgan fingerprint density at radius 1 is 1.58 bits per heavy atom. The summed E-state index contributed by atoms with van der Waals surface area (Å²) in [6.07, 6.45) is 0.326. The number of hydrogen-bond donors (Lipinski definition) is 3. The van der Waals surface area contributed by atoms with Crippen LogP contribution in [0.3, 0.4) is 0 Å². The maximum Gasteiger partial charge on any atom is 0.317 e. The number of nitrogens with one attached hydrogen (secondary N) is 1. The fourth-order valence-corrected chi connectivity index (χ4v) is 2.14. The molecule has 1 aliphatic rings. The maximum absolute atomic E-state index is 11.9. The zero-order chi connectivity index (χ0) is 14.3. The standard InChI is InChI=1S/C12H23N3O4/c1-2-19-10(5-11(16)17)7-14-12(18)15-4-3-9(6-13)8-15/h9-10H,2-8,13H2,1H3,(H,14,18)(H,16,17). The number of nitrogens with two attached hydrogens (primary N) is 1. The summed E-state index contributed by atoms with van der Waals surface area (Å²) in [6, 6.07) is -0.175. The van der Waals surface area contributed by atoms with Crippen LogP contribution in [0.4, 0.5) is 4.79 Å². The highest BCUT2D eigenvalue weighted by molar-refractivity contribution is 5.74. The van der Waals surface area contributed by atoms with Crippen molar-refractivity contribution in [3.63, 3.8) is 0 Å². The van der Waals surface area contributed by atoms with Crippen LogP contribution in [0.2, 0.25) is 0 Å². The molecule has 1 fully saturated rings. The van der Waals surface area contributed by atoms with E-state index in [1.165, 1.54) is 0 Å². The van der Waals surface area contributed by atoms with Crippen LogP contribution in [0.5, 0.6) is 0 Å². The van der Waals surface area contributed by atoms with Gasteiger partial charge in [-0.15, -0.1) is 0 Å². The summed E-state index contributed by atoms with van der Waals surface area (Å²) in [7, 11) is 0.